The molecule has 3 rings (SSSR count). The highest BCUT2D eigenvalue weighted by molar-refractivity contribution is 5.79. The number of rotatable bonds is 4. The van der Waals surface area contributed by atoms with E-state index in [-0.39, 0.29) is 29.6 Å². The summed E-state index contributed by atoms with van der Waals surface area (Å²) in [5.41, 5.74) is -0.212. The lowest BCUT2D eigenvalue weighted by Gasteiger charge is -2.22. The summed E-state index contributed by atoms with van der Waals surface area (Å²) in [5.74, 6) is -5.05. The normalized spacial score (nSPS) is 16.0. The minimum atomic E-state index is -4.03. The summed E-state index contributed by atoms with van der Waals surface area (Å²) >= 11 is 0. The number of carbonyl (C=O) groups excluding carboxylic acids is 1. The van der Waals surface area contributed by atoms with E-state index in [4.69, 9.17) is 0 Å². The molecular formula is C19H15F5O2. The molecule has 26 heavy (non-hydrogen) atoms. The fourth-order valence-corrected chi connectivity index (χ4v) is 3.01. The minimum absolute atomic E-state index is 0.183. The fraction of sp³-hybridized carbons (Fsp3) is 0.316. The van der Waals surface area contributed by atoms with Gasteiger partial charge in [-0.2, -0.15) is 8.78 Å². The molecule has 2 aromatic carbocycles. The molecule has 0 saturated heterocycles. The molecule has 0 amide bonds. The van der Waals surface area contributed by atoms with Crippen LogP contribution in [0.15, 0.2) is 36.4 Å². The molecule has 0 radical (unpaired) electrons. The van der Waals surface area contributed by atoms with Crippen LogP contribution >= 0.6 is 0 Å². The number of benzene rings is 2. The smallest absolute Gasteiger partial charge is 0.426 e. The van der Waals surface area contributed by atoms with E-state index in [1.807, 2.05) is 0 Å². The third-order valence-electron chi connectivity index (χ3n) is 4.46. The number of ketones is 1. The van der Waals surface area contributed by atoms with Gasteiger partial charge in [0.05, 0.1) is 5.56 Å². The van der Waals surface area contributed by atoms with Gasteiger partial charge in [-0.25, -0.2) is 13.2 Å². The molecule has 1 aliphatic carbocycles. The number of ether oxygens (including phenoxy) is 1. The Morgan fingerprint density at radius 3 is 2.00 bits per heavy atom. The van der Waals surface area contributed by atoms with E-state index in [9.17, 15) is 26.7 Å². The summed E-state index contributed by atoms with van der Waals surface area (Å²) in [7, 11) is 0. The summed E-state index contributed by atoms with van der Waals surface area (Å²) in [5, 5.41) is 0. The van der Waals surface area contributed by atoms with Crippen molar-refractivity contribution < 1.29 is 31.5 Å². The molecule has 7 heteroatoms. The predicted molar refractivity (Wildman–Crippen MR) is 83.5 cm³/mol. The van der Waals surface area contributed by atoms with Gasteiger partial charge in [-0.1, -0.05) is 12.1 Å². The van der Waals surface area contributed by atoms with E-state index < -0.39 is 29.1 Å². The first-order valence-electron chi connectivity index (χ1n) is 8.10. The van der Waals surface area contributed by atoms with Gasteiger partial charge in [0.1, 0.15) is 11.5 Å². The first kappa shape index (κ1) is 18.4. The van der Waals surface area contributed by atoms with Crippen LogP contribution in [-0.4, -0.2) is 5.78 Å². The van der Waals surface area contributed by atoms with E-state index in [0.29, 0.717) is 25.7 Å². The van der Waals surface area contributed by atoms with Crippen molar-refractivity contribution in [3.63, 3.8) is 0 Å². The van der Waals surface area contributed by atoms with E-state index >= 15 is 0 Å². The van der Waals surface area contributed by atoms with Gasteiger partial charge >= 0.3 is 6.11 Å². The first-order valence-corrected chi connectivity index (χ1v) is 8.10. The van der Waals surface area contributed by atoms with Crippen molar-refractivity contribution in [2.24, 2.45) is 0 Å². The first-order chi connectivity index (χ1) is 12.3. The van der Waals surface area contributed by atoms with Crippen molar-refractivity contribution in [3.8, 4) is 5.75 Å². The fourth-order valence-electron chi connectivity index (χ4n) is 3.01. The van der Waals surface area contributed by atoms with Crippen LogP contribution in [0.2, 0.25) is 0 Å². The van der Waals surface area contributed by atoms with Gasteiger partial charge in [0.2, 0.25) is 0 Å². The number of hydrogen-bond acceptors (Lipinski definition) is 2. The average Bonchev–Trinajstić information content (AvgIpc) is 2.60. The van der Waals surface area contributed by atoms with Crippen molar-refractivity contribution in [2.45, 2.75) is 37.7 Å². The molecule has 1 aliphatic rings. The third-order valence-corrected chi connectivity index (χ3v) is 4.46. The molecule has 1 saturated carbocycles. The lowest BCUT2D eigenvalue weighted by Crippen LogP contribution is -2.22. The zero-order valence-electron chi connectivity index (χ0n) is 13.6. The van der Waals surface area contributed by atoms with Gasteiger partial charge in [0.15, 0.2) is 17.5 Å². The maximum Gasteiger partial charge on any atom is 0.426 e. The second kappa shape index (κ2) is 7.05. The standard InChI is InChI=1S/C19H15F5O2/c20-16-9-13(10-17(21)18(16)22)19(23,24)26-15-7-3-12(4-8-15)11-1-5-14(25)6-2-11/h3-4,7-11H,1-2,5-6H2. The van der Waals surface area contributed by atoms with Crippen molar-refractivity contribution in [1.29, 1.82) is 0 Å². The van der Waals surface area contributed by atoms with Crippen LogP contribution in [0.1, 0.15) is 42.7 Å². The van der Waals surface area contributed by atoms with Crippen LogP contribution in [0.25, 0.3) is 0 Å². The average molecular weight is 370 g/mol. The zero-order chi connectivity index (χ0) is 18.9. The second-order valence-corrected chi connectivity index (χ2v) is 6.25. The van der Waals surface area contributed by atoms with Crippen molar-refractivity contribution >= 4 is 5.78 Å². The van der Waals surface area contributed by atoms with Crippen molar-refractivity contribution in [1.82, 2.24) is 0 Å². The van der Waals surface area contributed by atoms with Gasteiger partial charge in [0, 0.05) is 12.8 Å². The lowest BCUT2D eigenvalue weighted by atomic mass is 9.83. The van der Waals surface area contributed by atoms with Gasteiger partial charge in [-0.05, 0) is 48.6 Å². The number of Topliss-reactive ketones (excluding diaryl/α,β-unsaturated/α-hetero) is 1. The van der Waals surface area contributed by atoms with Gasteiger partial charge in [-0.15, -0.1) is 0 Å². The summed E-state index contributed by atoms with van der Waals surface area (Å²) < 4.78 is 72.0. The van der Waals surface area contributed by atoms with Crippen LogP contribution in [0, 0.1) is 17.5 Å². The summed E-state index contributed by atoms with van der Waals surface area (Å²) in [6, 6.07) is 6.30. The largest absolute Gasteiger partial charge is 0.429 e. The van der Waals surface area contributed by atoms with Crippen LogP contribution in [-0.2, 0) is 10.9 Å². The summed E-state index contributed by atoms with van der Waals surface area (Å²) in [6.07, 6.45) is -1.60. The SMILES string of the molecule is O=C1CCC(c2ccc(OC(F)(F)c3cc(F)c(F)c(F)c3)cc2)CC1. The monoisotopic (exact) mass is 370 g/mol. The quantitative estimate of drug-likeness (QED) is 0.528. The second-order valence-electron chi connectivity index (χ2n) is 6.25. The molecule has 0 unspecified atom stereocenters. The highest BCUT2D eigenvalue weighted by Gasteiger charge is 2.36. The zero-order valence-corrected chi connectivity index (χ0v) is 13.6. The number of halogens is 5. The minimum Gasteiger partial charge on any atom is -0.429 e. The Balaban J connectivity index is 1.74. The van der Waals surface area contributed by atoms with E-state index in [2.05, 4.69) is 4.74 Å². The van der Waals surface area contributed by atoms with Gasteiger partial charge in [-0.3, -0.25) is 4.79 Å². The van der Waals surface area contributed by atoms with Crippen molar-refractivity contribution in [3.05, 3.63) is 65.0 Å². The predicted octanol–water partition coefficient (Wildman–Crippen LogP) is 5.46. The topological polar surface area (TPSA) is 26.3 Å². The van der Waals surface area contributed by atoms with Gasteiger partial charge in [0.25, 0.3) is 0 Å². The third kappa shape index (κ3) is 3.86. The highest BCUT2D eigenvalue weighted by Crippen LogP contribution is 2.35. The molecule has 0 aliphatic heterocycles. The Hall–Kier alpha value is -2.44. The molecule has 0 atom stereocenters. The molecule has 0 spiro atoms. The Morgan fingerprint density at radius 1 is 0.923 bits per heavy atom. The molecule has 1 fully saturated rings. The van der Waals surface area contributed by atoms with Crippen LogP contribution < -0.4 is 4.74 Å². The van der Waals surface area contributed by atoms with Crippen LogP contribution in [0.4, 0.5) is 22.0 Å². The summed E-state index contributed by atoms with van der Waals surface area (Å²) in [4.78, 5) is 11.3. The van der Waals surface area contributed by atoms with Crippen LogP contribution in [0.3, 0.4) is 0 Å². The van der Waals surface area contributed by atoms with Gasteiger partial charge < -0.3 is 4.74 Å². The Bertz CT molecular complexity index is 784. The van der Waals surface area contributed by atoms with E-state index in [1.54, 1.807) is 12.1 Å². The molecule has 2 aromatic rings. The molecule has 0 bridgehead atoms. The summed E-state index contributed by atoms with van der Waals surface area (Å²) in [6.45, 7) is 0. The maximum atomic E-state index is 14.1. The number of alkyl halides is 2. The Morgan fingerprint density at radius 2 is 1.46 bits per heavy atom. The van der Waals surface area contributed by atoms with E-state index in [1.165, 1.54) is 12.1 Å². The molecule has 0 heterocycles. The van der Waals surface area contributed by atoms with Crippen molar-refractivity contribution in [2.75, 3.05) is 0 Å². The van der Waals surface area contributed by atoms with E-state index in [0.717, 1.165) is 5.56 Å². The molecular weight excluding hydrogens is 355 g/mol. The molecule has 2 nitrogen and oxygen atoms in total. The lowest BCUT2D eigenvalue weighted by molar-refractivity contribution is -0.185. The maximum absolute atomic E-state index is 14.1. The Labute approximate surface area is 146 Å². The number of carbonyl (C=O) groups is 1. The molecule has 0 N–H and O–H groups in total. The van der Waals surface area contributed by atoms with Crippen LogP contribution in [0.5, 0.6) is 5.75 Å². The highest BCUT2D eigenvalue weighted by atomic mass is 19.3. The Kier molecular flexibility index (Phi) is 4.98. The number of hydrogen-bond donors (Lipinski definition) is 0. The molecule has 138 valence electrons. The molecule has 0 aromatic heterocycles.